The number of morpholine rings is 1. The minimum absolute atomic E-state index is 0.510. The lowest BCUT2D eigenvalue weighted by molar-refractivity contribution is 0.0376. The molecule has 6 heteroatoms. The van der Waals surface area contributed by atoms with Gasteiger partial charge >= 0.3 is 0 Å². The summed E-state index contributed by atoms with van der Waals surface area (Å²) in [5, 5.41) is 3.22. The van der Waals surface area contributed by atoms with Crippen molar-refractivity contribution in [3.8, 4) is 16.9 Å². The van der Waals surface area contributed by atoms with Gasteiger partial charge < -0.3 is 20.5 Å². The average Bonchev–Trinajstić information content (AvgIpc) is 2.81. The molecule has 4 rings (SSSR count). The molecule has 6 nitrogen and oxygen atoms in total. The number of hydrogen-bond donors (Lipinski definition) is 2. The molecule has 0 bridgehead atoms. The van der Waals surface area contributed by atoms with Gasteiger partial charge in [-0.1, -0.05) is 30.3 Å². The van der Waals surface area contributed by atoms with Crippen LogP contribution >= 0.6 is 0 Å². The van der Waals surface area contributed by atoms with Crippen LogP contribution in [0.25, 0.3) is 11.1 Å². The van der Waals surface area contributed by atoms with Crippen molar-refractivity contribution in [1.29, 1.82) is 0 Å². The van der Waals surface area contributed by atoms with Crippen molar-refractivity contribution >= 4 is 5.96 Å². The molecule has 30 heavy (non-hydrogen) atoms. The van der Waals surface area contributed by atoms with Gasteiger partial charge in [0.05, 0.1) is 26.4 Å². The highest BCUT2D eigenvalue weighted by atomic mass is 16.5. The van der Waals surface area contributed by atoms with Crippen LogP contribution in [0.3, 0.4) is 0 Å². The van der Waals surface area contributed by atoms with Crippen LogP contribution in [-0.4, -0.2) is 56.9 Å². The van der Waals surface area contributed by atoms with E-state index in [0.717, 1.165) is 76.6 Å². The van der Waals surface area contributed by atoms with Crippen molar-refractivity contribution in [1.82, 2.24) is 10.2 Å². The molecule has 0 aromatic heterocycles. The lowest BCUT2D eigenvalue weighted by Gasteiger charge is -2.26. The Kier molecular flexibility index (Phi) is 7.21. The molecule has 1 fully saturated rings. The fourth-order valence-electron chi connectivity index (χ4n) is 3.92. The SMILES string of the molecule is NC(=NCc1ccc(-c2ccc3c(c2)CCCO3)cc1)NCCCN1CCOCC1. The van der Waals surface area contributed by atoms with Crippen molar-refractivity contribution in [2.75, 3.05) is 46.0 Å². The summed E-state index contributed by atoms with van der Waals surface area (Å²) in [4.78, 5) is 6.90. The smallest absolute Gasteiger partial charge is 0.188 e. The Hall–Kier alpha value is -2.57. The number of aliphatic imine (C=N–C) groups is 1. The Morgan fingerprint density at radius 2 is 1.83 bits per heavy atom. The molecule has 0 atom stereocenters. The van der Waals surface area contributed by atoms with Crippen LogP contribution in [0, 0.1) is 0 Å². The van der Waals surface area contributed by atoms with Crippen LogP contribution in [0.4, 0.5) is 0 Å². The molecule has 2 aromatic carbocycles. The molecule has 0 spiro atoms. The number of nitrogens with two attached hydrogens (primary N) is 1. The predicted molar refractivity (Wildman–Crippen MR) is 121 cm³/mol. The second-order valence-corrected chi connectivity index (χ2v) is 7.91. The van der Waals surface area contributed by atoms with Gasteiger partial charge in [-0.2, -0.15) is 0 Å². The van der Waals surface area contributed by atoms with Crippen LogP contribution in [0.15, 0.2) is 47.5 Å². The summed E-state index contributed by atoms with van der Waals surface area (Å²) in [6.45, 7) is 7.06. The summed E-state index contributed by atoms with van der Waals surface area (Å²) in [7, 11) is 0. The van der Waals surface area contributed by atoms with E-state index in [2.05, 4.69) is 57.7 Å². The molecule has 3 N–H and O–H groups in total. The van der Waals surface area contributed by atoms with E-state index in [1.807, 2.05) is 0 Å². The number of nitrogens with one attached hydrogen (secondary N) is 1. The van der Waals surface area contributed by atoms with Crippen LogP contribution in [0.1, 0.15) is 24.0 Å². The summed E-state index contributed by atoms with van der Waals surface area (Å²) in [6.07, 6.45) is 3.24. The van der Waals surface area contributed by atoms with E-state index in [1.54, 1.807) is 0 Å². The van der Waals surface area contributed by atoms with Gasteiger partial charge in [-0.15, -0.1) is 0 Å². The number of guanidine groups is 1. The third-order valence-electron chi connectivity index (χ3n) is 5.69. The summed E-state index contributed by atoms with van der Waals surface area (Å²) < 4.78 is 11.1. The maximum Gasteiger partial charge on any atom is 0.188 e. The number of aryl methyl sites for hydroxylation is 1. The molecular weight excluding hydrogens is 376 g/mol. The quantitative estimate of drug-likeness (QED) is 0.419. The van der Waals surface area contributed by atoms with Crippen molar-refractivity contribution < 1.29 is 9.47 Å². The molecular formula is C24H32N4O2. The molecule has 0 saturated carbocycles. The zero-order valence-corrected chi connectivity index (χ0v) is 17.6. The molecule has 0 radical (unpaired) electrons. The third-order valence-corrected chi connectivity index (χ3v) is 5.69. The van der Waals surface area contributed by atoms with Gasteiger partial charge in [0.2, 0.25) is 0 Å². The zero-order chi connectivity index (χ0) is 20.6. The van der Waals surface area contributed by atoms with E-state index in [-0.39, 0.29) is 0 Å². The molecule has 2 aromatic rings. The first-order valence-corrected chi connectivity index (χ1v) is 11.0. The molecule has 1 saturated heterocycles. The van der Waals surface area contributed by atoms with Crippen LogP contribution in [0.2, 0.25) is 0 Å². The Morgan fingerprint density at radius 3 is 2.67 bits per heavy atom. The van der Waals surface area contributed by atoms with E-state index >= 15 is 0 Å². The lowest BCUT2D eigenvalue weighted by Crippen LogP contribution is -2.39. The average molecular weight is 409 g/mol. The highest BCUT2D eigenvalue weighted by Gasteiger charge is 2.11. The number of ether oxygens (including phenoxy) is 2. The van der Waals surface area contributed by atoms with E-state index in [0.29, 0.717) is 12.5 Å². The molecule has 0 amide bonds. The first-order chi connectivity index (χ1) is 14.8. The van der Waals surface area contributed by atoms with Gasteiger partial charge in [0, 0.05) is 19.6 Å². The van der Waals surface area contributed by atoms with Crippen molar-refractivity contribution in [2.24, 2.45) is 10.7 Å². The van der Waals surface area contributed by atoms with Gasteiger partial charge in [0.1, 0.15) is 5.75 Å². The Bertz CT molecular complexity index is 845. The topological polar surface area (TPSA) is 72.1 Å². The van der Waals surface area contributed by atoms with Crippen LogP contribution in [-0.2, 0) is 17.7 Å². The largest absolute Gasteiger partial charge is 0.493 e. The predicted octanol–water partition coefficient (Wildman–Crippen LogP) is 2.81. The number of hydrogen-bond acceptors (Lipinski definition) is 4. The monoisotopic (exact) mass is 408 g/mol. The Balaban J connectivity index is 1.24. The maximum atomic E-state index is 6.02. The van der Waals surface area contributed by atoms with Gasteiger partial charge in [-0.25, -0.2) is 4.99 Å². The van der Waals surface area contributed by atoms with Gasteiger partial charge in [-0.3, -0.25) is 4.90 Å². The van der Waals surface area contributed by atoms with Crippen LogP contribution < -0.4 is 15.8 Å². The normalized spacial score (nSPS) is 17.3. The lowest BCUT2D eigenvalue weighted by atomic mass is 9.98. The summed E-state index contributed by atoms with van der Waals surface area (Å²) >= 11 is 0. The highest BCUT2D eigenvalue weighted by Crippen LogP contribution is 2.30. The number of rotatable bonds is 7. The molecule has 0 unspecified atom stereocenters. The molecule has 2 aliphatic rings. The molecule has 2 aliphatic heterocycles. The van der Waals surface area contributed by atoms with Crippen molar-refractivity contribution in [3.63, 3.8) is 0 Å². The van der Waals surface area contributed by atoms with E-state index in [9.17, 15) is 0 Å². The number of benzene rings is 2. The second-order valence-electron chi connectivity index (χ2n) is 7.91. The van der Waals surface area contributed by atoms with Crippen LogP contribution in [0.5, 0.6) is 5.75 Å². The first-order valence-electron chi connectivity index (χ1n) is 11.0. The minimum atomic E-state index is 0.510. The summed E-state index contributed by atoms with van der Waals surface area (Å²) in [6, 6.07) is 15.0. The van der Waals surface area contributed by atoms with E-state index < -0.39 is 0 Å². The van der Waals surface area contributed by atoms with E-state index in [1.165, 1.54) is 16.7 Å². The summed E-state index contributed by atoms with van der Waals surface area (Å²) in [5.41, 5.74) is 10.9. The fourth-order valence-corrected chi connectivity index (χ4v) is 3.92. The highest BCUT2D eigenvalue weighted by molar-refractivity contribution is 5.77. The van der Waals surface area contributed by atoms with Gasteiger partial charge in [0.25, 0.3) is 0 Å². The fraction of sp³-hybridized carbons (Fsp3) is 0.458. The molecule has 0 aliphatic carbocycles. The standard InChI is InChI=1S/C24H32N4O2/c25-24(26-10-2-11-28-12-15-29-16-13-28)27-18-19-4-6-20(7-5-19)21-8-9-23-22(17-21)3-1-14-30-23/h4-9,17H,1-3,10-16,18H2,(H3,25,26,27). The molecule has 160 valence electrons. The van der Waals surface area contributed by atoms with Gasteiger partial charge in [-0.05, 0) is 60.2 Å². The number of nitrogens with zero attached hydrogens (tertiary/aromatic N) is 2. The van der Waals surface area contributed by atoms with Gasteiger partial charge in [0.15, 0.2) is 5.96 Å². The first kappa shape index (κ1) is 20.7. The number of fused-ring (bicyclic) bond motifs is 1. The Labute approximate surface area is 179 Å². The van der Waals surface area contributed by atoms with Crippen molar-refractivity contribution in [3.05, 3.63) is 53.6 Å². The zero-order valence-electron chi connectivity index (χ0n) is 17.6. The van der Waals surface area contributed by atoms with E-state index in [4.69, 9.17) is 15.2 Å². The molecule has 2 heterocycles. The maximum absolute atomic E-state index is 6.02. The van der Waals surface area contributed by atoms with Crippen molar-refractivity contribution in [2.45, 2.75) is 25.8 Å². The summed E-state index contributed by atoms with van der Waals surface area (Å²) in [5.74, 6) is 1.54. The minimum Gasteiger partial charge on any atom is -0.493 e. The second kappa shape index (κ2) is 10.5. The Morgan fingerprint density at radius 1 is 1.03 bits per heavy atom. The third kappa shape index (κ3) is 5.74.